The smallest absolute Gasteiger partial charge is 0.257 e. The van der Waals surface area contributed by atoms with Crippen molar-refractivity contribution in [1.82, 2.24) is 10.6 Å². The van der Waals surface area contributed by atoms with Gasteiger partial charge < -0.3 is 15.4 Å². The van der Waals surface area contributed by atoms with Crippen LogP contribution in [0.2, 0.25) is 5.02 Å². The molecule has 0 saturated carbocycles. The van der Waals surface area contributed by atoms with E-state index in [1.54, 1.807) is 24.3 Å². The minimum absolute atomic E-state index is 0. The third-order valence-corrected chi connectivity index (χ3v) is 3.47. The highest BCUT2D eigenvalue weighted by Gasteiger charge is 2.14. The van der Waals surface area contributed by atoms with Gasteiger partial charge in [0, 0.05) is 11.6 Å². The summed E-state index contributed by atoms with van der Waals surface area (Å²) in [5.41, 5.74) is 0. The van der Waals surface area contributed by atoms with Gasteiger partial charge in [0.15, 0.2) is 6.61 Å². The standard InChI is InChI=1S/C14H19ClN2O2.ClH/c15-12-1-3-13(4-2-12)19-10-14(18)17-8-6-11-5-7-16-9-11;/h1-4,11,16H,5-10H2,(H,17,18);1H. The van der Waals surface area contributed by atoms with Crippen molar-refractivity contribution in [2.24, 2.45) is 5.92 Å². The number of nitrogens with one attached hydrogen (secondary N) is 2. The first-order valence-electron chi connectivity index (χ1n) is 6.60. The molecule has 1 aliphatic heterocycles. The van der Waals surface area contributed by atoms with E-state index in [9.17, 15) is 4.79 Å². The molecule has 0 aliphatic carbocycles. The molecule has 20 heavy (non-hydrogen) atoms. The molecule has 4 nitrogen and oxygen atoms in total. The molecule has 0 bridgehead atoms. The maximum atomic E-state index is 11.6. The molecule has 1 amide bonds. The van der Waals surface area contributed by atoms with Crippen molar-refractivity contribution in [2.45, 2.75) is 12.8 Å². The fraction of sp³-hybridized carbons (Fsp3) is 0.500. The van der Waals surface area contributed by atoms with Crippen LogP contribution < -0.4 is 15.4 Å². The molecule has 1 heterocycles. The van der Waals surface area contributed by atoms with E-state index < -0.39 is 0 Å². The Bertz CT molecular complexity index is 406. The van der Waals surface area contributed by atoms with Crippen molar-refractivity contribution in [1.29, 1.82) is 0 Å². The third-order valence-electron chi connectivity index (χ3n) is 3.22. The van der Waals surface area contributed by atoms with E-state index in [-0.39, 0.29) is 24.9 Å². The van der Waals surface area contributed by atoms with Gasteiger partial charge in [-0.3, -0.25) is 4.79 Å². The van der Waals surface area contributed by atoms with Crippen molar-refractivity contribution in [3.63, 3.8) is 0 Å². The summed E-state index contributed by atoms with van der Waals surface area (Å²) in [5, 5.41) is 6.84. The number of amides is 1. The molecule has 2 rings (SSSR count). The highest BCUT2D eigenvalue weighted by Crippen LogP contribution is 2.15. The summed E-state index contributed by atoms with van der Waals surface area (Å²) in [4.78, 5) is 11.6. The third kappa shape index (κ3) is 5.99. The van der Waals surface area contributed by atoms with E-state index in [0.717, 1.165) is 26.1 Å². The lowest BCUT2D eigenvalue weighted by Gasteiger charge is -2.10. The van der Waals surface area contributed by atoms with Crippen LogP contribution in [0, 0.1) is 5.92 Å². The zero-order valence-corrected chi connectivity index (χ0v) is 12.8. The van der Waals surface area contributed by atoms with Crippen LogP contribution in [-0.4, -0.2) is 32.1 Å². The second-order valence-corrected chi connectivity index (χ2v) is 5.18. The van der Waals surface area contributed by atoms with Gasteiger partial charge >= 0.3 is 0 Å². The van der Waals surface area contributed by atoms with Crippen molar-refractivity contribution in [2.75, 3.05) is 26.2 Å². The number of ether oxygens (including phenoxy) is 1. The fourth-order valence-electron chi connectivity index (χ4n) is 2.11. The van der Waals surface area contributed by atoms with Gasteiger partial charge in [-0.2, -0.15) is 0 Å². The molecule has 1 aliphatic rings. The van der Waals surface area contributed by atoms with Gasteiger partial charge in [0.2, 0.25) is 0 Å². The quantitative estimate of drug-likeness (QED) is 0.846. The number of carbonyl (C=O) groups excluding carboxylic acids is 1. The predicted octanol–water partition coefficient (Wildman–Crippen LogP) is 2.26. The molecule has 1 unspecified atom stereocenters. The maximum Gasteiger partial charge on any atom is 0.257 e. The molecular weight excluding hydrogens is 299 g/mol. The Morgan fingerprint density at radius 2 is 2.15 bits per heavy atom. The number of hydrogen-bond acceptors (Lipinski definition) is 3. The number of halogens is 2. The Balaban J connectivity index is 0.00000200. The largest absolute Gasteiger partial charge is 0.484 e. The minimum atomic E-state index is -0.0825. The Labute approximate surface area is 130 Å². The topological polar surface area (TPSA) is 50.4 Å². The zero-order chi connectivity index (χ0) is 13.5. The summed E-state index contributed by atoms with van der Waals surface area (Å²) in [6.45, 7) is 2.93. The molecule has 1 aromatic carbocycles. The highest BCUT2D eigenvalue weighted by molar-refractivity contribution is 6.30. The van der Waals surface area contributed by atoms with Gasteiger partial charge in [-0.1, -0.05) is 11.6 Å². The zero-order valence-electron chi connectivity index (χ0n) is 11.2. The van der Waals surface area contributed by atoms with Gasteiger partial charge in [0.1, 0.15) is 5.75 Å². The van der Waals surface area contributed by atoms with E-state index in [0.29, 0.717) is 16.7 Å². The summed E-state index contributed by atoms with van der Waals surface area (Å²) >= 11 is 5.77. The summed E-state index contributed by atoms with van der Waals surface area (Å²) in [7, 11) is 0. The lowest BCUT2D eigenvalue weighted by Crippen LogP contribution is -2.30. The van der Waals surface area contributed by atoms with E-state index >= 15 is 0 Å². The molecule has 1 fully saturated rings. The fourth-order valence-corrected chi connectivity index (χ4v) is 2.23. The molecule has 1 aromatic rings. The Kier molecular flexibility index (Phi) is 7.73. The first-order valence-corrected chi connectivity index (χ1v) is 6.97. The Morgan fingerprint density at radius 1 is 1.40 bits per heavy atom. The van der Waals surface area contributed by atoms with Crippen LogP contribution >= 0.6 is 24.0 Å². The normalized spacial score (nSPS) is 17.4. The van der Waals surface area contributed by atoms with Crippen LogP contribution in [0.4, 0.5) is 0 Å². The first kappa shape index (κ1) is 17.1. The molecule has 6 heteroatoms. The highest BCUT2D eigenvalue weighted by atomic mass is 35.5. The van der Waals surface area contributed by atoms with Crippen molar-refractivity contribution < 1.29 is 9.53 Å². The average molecular weight is 319 g/mol. The number of rotatable bonds is 6. The van der Waals surface area contributed by atoms with Crippen molar-refractivity contribution in [3.8, 4) is 5.75 Å². The van der Waals surface area contributed by atoms with E-state index in [1.807, 2.05) is 0 Å². The SMILES string of the molecule is Cl.O=C(COc1ccc(Cl)cc1)NCCC1CCNC1. The Morgan fingerprint density at radius 3 is 2.80 bits per heavy atom. The van der Waals surface area contributed by atoms with Crippen LogP contribution in [0.1, 0.15) is 12.8 Å². The van der Waals surface area contributed by atoms with Crippen LogP contribution in [0.15, 0.2) is 24.3 Å². The summed E-state index contributed by atoms with van der Waals surface area (Å²) in [5.74, 6) is 1.26. The second-order valence-electron chi connectivity index (χ2n) is 4.74. The molecule has 112 valence electrons. The van der Waals surface area contributed by atoms with Crippen LogP contribution in [0.5, 0.6) is 5.75 Å². The Hall–Kier alpha value is -0.970. The minimum Gasteiger partial charge on any atom is -0.484 e. The number of benzene rings is 1. The molecule has 1 atom stereocenters. The molecular formula is C14H20Cl2N2O2. The molecule has 0 radical (unpaired) electrons. The van der Waals surface area contributed by atoms with Crippen LogP contribution in [-0.2, 0) is 4.79 Å². The monoisotopic (exact) mass is 318 g/mol. The van der Waals surface area contributed by atoms with E-state index in [1.165, 1.54) is 6.42 Å². The van der Waals surface area contributed by atoms with Gasteiger partial charge in [0.05, 0.1) is 0 Å². The molecule has 0 aromatic heterocycles. The van der Waals surface area contributed by atoms with Gasteiger partial charge in [0.25, 0.3) is 5.91 Å². The van der Waals surface area contributed by atoms with E-state index in [4.69, 9.17) is 16.3 Å². The van der Waals surface area contributed by atoms with Gasteiger partial charge in [-0.15, -0.1) is 12.4 Å². The molecule has 1 saturated heterocycles. The number of hydrogen-bond donors (Lipinski definition) is 2. The van der Waals surface area contributed by atoms with Gasteiger partial charge in [-0.05, 0) is 56.1 Å². The molecule has 0 spiro atoms. The van der Waals surface area contributed by atoms with Crippen molar-refractivity contribution in [3.05, 3.63) is 29.3 Å². The van der Waals surface area contributed by atoms with Crippen molar-refractivity contribution >= 4 is 29.9 Å². The second kappa shape index (κ2) is 9.06. The van der Waals surface area contributed by atoms with Crippen LogP contribution in [0.3, 0.4) is 0 Å². The van der Waals surface area contributed by atoms with E-state index in [2.05, 4.69) is 10.6 Å². The van der Waals surface area contributed by atoms with Crippen LogP contribution in [0.25, 0.3) is 0 Å². The summed E-state index contributed by atoms with van der Waals surface area (Å²) in [6, 6.07) is 6.98. The lowest BCUT2D eigenvalue weighted by atomic mass is 10.1. The first-order chi connectivity index (χ1) is 9.24. The summed E-state index contributed by atoms with van der Waals surface area (Å²) in [6.07, 6.45) is 2.23. The lowest BCUT2D eigenvalue weighted by molar-refractivity contribution is -0.123. The summed E-state index contributed by atoms with van der Waals surface area (Å²) < 4.78 is 5.36. The maximum absolute atomic E-state index is 11.6. The predicted molar refractivity (Wildman–Crippen MR) is 82.8 cm³/mol. The average Bonchev–Trinajstić information content (AvgIpc) is 2.91. The number of carbonyl (C=O) groups is 1. The van der Waals surface area contributed by atoms with Gasteiger partial charge in [-0.25, -0.2) is 0 Å². The molecule has 2 N–H and O–H groups in total.